The van der Waals surface area contributed by atoms with Crippen molar-refractivity contribution in [3.63, 3.8) is 0 Å². The van der Waals surface area contributed by atoms with Crippen LogP contribution in [0.25, 0.3) is 10.9 Å². The van der Waals surface area contributed by atoms with Gasteiger partial charge >= 0.3 is 0 Å². The van der Waals surface area contributed by atoms with Crippen LogP contribution in [-0.2, 0) is 49.6 Å². The zero-order valence-corrected chi connectivity index (χ0v) is 40.7. The number of guanidine groups is 2. The third kappa shape index (κ3) is 19.1. The van der Waals surface area contributed by atoms with Gasteiger partial charge in [0.25, 0.3) is 0 Å². The third-order valence-corrected chi connectivity index (χ3v) is 11.7. The van der Waals surface area contributed by atoms with Crippen LogP contribution in [0.4, 0.5) is 0 Å². The molecule has 26 heteroatoms. The van der Waals surface area contributed by atoms with Gasteiger partial charge in [0, 0.05) is 50.1 Å². The highest BCUT2D eigenvalue weighted by atomic mass is 16.2. The molecule has 1 unspecified atom stereocenters. The first-order valence-electron chi connectivity index (χ1n) is 24.0. The standard InChI is InChI=1S/C47H69N17O9/c1-26(65)58-32(16-9-21-55-46(50)51)40(68)63-36-24-37(66)54-20-8-7-15-31(39(49)67)59-43(71)35(23-28-25-57-30-14-6-5-13-29(28)30)62-41(69)33(17-10-22-56-47(52)53)61-45(73)38(27-11-3-2-4-12-27)64-42(70)34(18-19-48)60-44(36)72/h2-6,11-14,25,31-36,38,57H,7-10,15-24,48H2,1H3,(H2,49,67)(H,54,66)(H,58,65)(H,59,71)(H,60,72)(H,61,73)(H,62,69)(H,63,68)(H,64,70)(H4,50,51,55)(H4,52,53,56)/t31-,32-,33-,34-,35-,36-,38?/m0/s1. The molecule has 0 spiro atoms. The summed E-state index contributed by atoms with van der Waals surface area (Å²) in [6.07, 6.45) is 1.67. The van der Waals surface area contributed by atoms with E-state index in [1.807, 2.05) is 18.2 Å². The van der Waals surface area contributed by atoms with Gasteiger partial charge in [-0.2, -0.15) is 0 Å². The summed E-state index contributed by atoms with van der Waals surface area (Å²) in [6, 6.07) is 5.52. The minimum atomic E-state index is -1.63. The summed E-state index contributed by atoms with van der Waals surface area (Å²) in [5, 5.41) is 42.0. The van der Waals surface area contributed by atoms with Gasteiger partial charge in [0.15, 0.2) is 11.9 Å². The smallest absolute Gasteiger partial charge is 0.247 e. The van der Waals surface area contributed by atoms with Crippen LogP contribution in [0.15, 0.2) is 60.8 Å². The predicted molar refractivity (Wildman–Crippen MR) is 269 cm³/mol. The lowest BCUT2D eigenvalue weighted by Crippen LogP contribution is -2.59. The quantitative estimate of drug-likeness (QED) is 0.0355. The minimum Gasteiger partial charge on any atom is -0.370 e. The summed E-state index contributed by atoms with van der Waals surface area (Å²) in [5.41, 5.74) is 24.2. The lowest BCUT2D eigenvalue weighted by molar-refractivity contribution is -0.136. The zero-order chi connectivity index (χ0) is 53.5. The summed E-state index contributed by atoms with van der Waals surface area (Å²) in [7, 11) is 0. The van der Waals surface area contributed by atoms with Gasteiger partial charge in [-0.05, 0) is 75.1 Å². The van der Waals surface area contributed by atoms with Gasteiger partial charge in [-0.15, -0.1) is 0 Å². The highest BCUT2D eigenvalue weighted by Gasteiger charge is 2.35. The van der Waals surface area contributed by atoms with Crippen LogP contribution >= 0.6 is 0 Å². The van der Waals surface area contributed by atoms with Crippen LogP contribution < -0.4 is 76.1 Å². The minimum absolute atomic E-state index is 0.0148. The van der Waals surface area contributed by atoms with Gasteiger partial charge in [-0.25, -0.2) is 0 Å². The Kier molecular flexibility index (Phi) is 22.9. The van der Waals surface area contributed by atoms with Crippen LogP contribution in [-0.4, -0.2) is 132 Å². The Hall–Kier alpha value is -8.29. The number of carbonyl (C=O) groups excluding carboxylic acids is 9. The monoisotopic (exact) mass is 1020 g/mol. The van der Waals surface area contributed by atoms with E-state index in [-0.39, 0.29) is 101 Å². The Balaban J connectivity index is 1.75. The number of benzene rings is 2. The fourth-order valence-corrected chi connectivity index (χ4v) is 7.99. The van der Waals surface area contributed by atoms with Crippen molar-refractivity contribution in [1.82, 2.24) is 58.2 Å². The average Bonchev–Trinajstić information content (AvgIpc) is 3.75. The molecule has 2 aromatic carbocycles. The predicted octanol–water partition coefficient (Wildman–Crippen LogP) is -3.45. The van der Waals surface area contributed by atoms with Crippen molar-refractivity contribution in [3.8, 4) is 0 Å². The number of hydrogen-bond donors (Lipinski definition) is 17. The Morgan fingerprint density at radius 3 is 2.01 bits per heavy atom. The number of para-hydroxylation sites is 1. The number of H-pyrrole nitrogens is 1. The van der Waals surface area contributed by atoms with E-state index < -0.39 is 102 Å². The van der Waals surface area contributed by atoms with Crippen LogP contribution in [0.5, 0.6) is 0 Å². The van der Waals surface area contributed by atoms with Gasteiger partial charge in [-0.1, -0.05) is 48.5 Å². The second-order valence-corrected chi connectivity index (χ2v) is 17.5. The molecule has 1 aromatic heterocycles. The molecule has 0 aliphatic carbocycles. The van der Waals surface area contributed by atoms with E-state index in [9.17, 15) is 43.2 Å². The van der Waals surface area contributed by atoms with E-state index in [2.05, 4.69) is 58.2 Å². The van der Waals surface area contributed by atoms with Crippen molar-refractivity contribution >= 4 is 76.0 Å². The number of hydrogen-bond acceptors (Lipinski definition) is 12. The molecule has 0 saturated carbocycles. The van der Waals surface area contributed by atoms with Crippen LogP contribution in [0.3, 0.4) is 0 Å². The van der Waals surface area contributed by atoms with E-state index in [1.54, 1.807) is 42.6 Å². The fraction of sp³-hybridized carbons (Fsp3) is 0.468. The topological polar surface area (TPSA) is 441 Å². The van der Waals surface area contributed by atoms with Crippen molar-refractivity contribution in [2.75, 3.05) is 26.2 Å². The number of aromatic nitrogens is 1. The first-order valence-corrected chi connectivity index (χ1v) is 24.0. The van der Waals surface area contributed by atoms with Gasteiger partial charge in [0.05, 0.1) is 6.42 Å². The lowest BCUT2D eigenvalue weighted by Gasteiger charge is -2.28. The molecule has 0 radical (unpaired) electrons. The molecule has 1 aliphatic heterocycles. The number of nitrogens with one attached hydrogen (secondary N) is 13. The summed E-state index contributed by atoms with van der Waals surface area (Å²) in [4.78, 5) is 127. The number of nitrogens with two attached hydrogens (primary N) is 4. The second kappa shape index (κ2) is 29.1. The van der Waals surface area contributed by atoms with Crippen LogP contribution in [0.2, 0.25) is 0 Å². The molecule has 2 heterocycles. The van der Waals surface area contributed by atoms with Crippen LogP contribution in [0, 0.1) is 10.8 Å². The summed E-state index contributed by atoms with van der Waals surface area (Å²) >= 11 is 0. The van der Waals surface area contributed by atoms with Crippen molar-refractivity contribution in [1.29, 1.82) is 10.8 Å². The maximum absolute atomic E-state index is 14.5. The molecule has 9 amide bonds. The Morgan fingerprint density at radius 2 is 1.34 bits per heavy atom. The number of aromatic amines is 1. The number of carbonyl (C=O) groups is 9. The van der Waals surface area contributed by atoms with E-state index in [0.717, 1.165) is 10.9 Å². The Labute approximate surface area is 421 Å². The van der Waals surface area contributed by atoms with E-state index in [4.69, 9.17) is 33.8 Å². The maximum atomic E-state index is 14.5. The normalized spacial score (nSPS) is 21.3. The largest absolute Gasteiger partial charge is 0.370 e. The second-order valence-electron chi connectivity index (χ2n) is 17.5. The van der Waals surface area contributed by atoms with Gasteiger partial charge in [0.2, 0.25) is 53.2 Å². The first-order chi connectivity index (χ1) is 34.9. The SMILES string of the molecule is CC(=O)N[C@@H](CCCNC(=N)N)C(=O)N[C@H]1CC(=O)NCCCC[C@@H](C(N)=O)NC(=O)[C@H](Cc2c[nH]c3ccccc23)NC(=O)[C@H](CCCNC(=N)N)NC(=O)C(c2ccccc2)NC(=O)[C@H](CCN)NC1=O. The number of rotatable bonds is 17. The first kappa shape index (κ1) is 57.3. The molecular formula is C47H69N17O9. The average molecular weight is 1020 g/mol. The molecule has 73 heavy (non-hydrogen) atoms. The Bertz CT molecular complexity index is 2430. The molecule has 7 atom stereocenters. The molecule has 1 fully saturated rings. The Morgan fingerprint density at radius 1 is 0.726 bits per heavy atom. The van der Waals surface area contributed by atoms with E-state index >= 15 is 0 Å². The van der Waals surface area contributed by atoms with Crippen molar-refractivity contribution < 1.29 is 43.2 Å². The molecular weight excluding hydrogens is 947 g/mol. The highest BCUT2D eigenvalue weighted by Crippen LogP contribution is 2.20. The molecule has 3 aromatic rings. The van der Waals surface area contributed by atoms with E-state index in [1.165, 1.54) is 6.92 Å². The summed E-state index contributed by atoms with van der Waals surface area (Å²) in [5.74, 6) is -8.00. The summed E-state index contributed by atoms with van der Waals surface area (Å²) < 4.78 is 0. The fourth-order valence-electron chi connectivity index (χ4n) is 7.99. The van der Waals surface area contributed by atoms with E-state index in [0.29, 0.717) is 5.56 Å². The number of amides is 9. The molecule has 21 N–H and O–H groups in total. The number of fused-ring (bicyclic) bond motifs is 1. The number of primary amides is 1. The maximum Gasteiger partial charge on any atom is 0.247 e. The molecule has 1 aliphatic rings. The molecule has 396 valence electrons. The summed E-state index contributed by atoms with van der Waals surface area (Å²) in [6.45, 7) is 1.33. The van der Waals surface area contributed by atoms with Gasteiger partial charge in [-0.3, -0.25) is 54.0 Å². The van der Waals surface area contributed by atoms with Gasteiger partial charge < -0.3 is 81.1 Å². The molecule has 1 saturated heterocycles. The zero-order valence-electron chi connectivity index (χ0n) is 40.7. The lowest BCUT2D eigenvalue weighted by atomic mass is 10.0. The molecule has 0 bridgehead atoms. The van der Waals surface area contributed by atoms with Gasteiger partial charge in [0.1, 0.15) is 42.3 Å². The highest BCUT2D eigenvalue weighted by molar-refractivity contribution is 5.99. The van der Waals surface area contributed by atoms with Crippen molar-refractivity contribution in [2.24, 2.45) is 22.9 Å². The van der Waals surface area contributed by atoms with Crippen LogP contribution in [0.1, 0.15) is 81.9 Å². The molecule has 4 rings (SSSR count). The van der Waals surface area contributed by atoms with Crippen molar-refractivity contribution in [2.45, 2.75) is 113 Å². The molecule has 26 nitrogen and oxygen atoms in total. The third-order valence-electron chi connectivity index (χ3n) is 11.7. The van der Waals surface area contributed by atoms with Crippen molar-refractivity contribution in [3.05, 3.63) is 71.9 Å².